The van der Waals surface area contributed by atoms with Crippen molar-refractivity contribution >= 4 is 0 Å². The molecule has 4 nitrogen and oxygen atoms in total. The number of nitrogens with one attached hydrogen (secondary N) is 1. The second kappa shape index (κ2) is 7.92. The minimum absolute atomic E-state index is 0.0466. The Kier molecular flexibility index (Phi) is 6.43. The molecule has 2 N–H and O–H groups in total. The number of ether oxygens (including phenoxy) is 2. The quantitative estimate of drug-likeness (QED) is 0.720. The number of hydrogen-bond donors (Lipinski definition) is 2. The number of aliphatic hydroxyl groups excluding tert-OH is 1. The number of benzene rings is 1. The van der Waals surface area contributed by atoms with Crippen molar-refractivity contribution < 1.29 is 14.6 Å². The highest BCUT2D eigenvalue weighted by Gasteiger charge is 2.09. The minimum atomic E-state index is -0.0466. The molecule has 0 heterocycles. The molecule has 1 aromatic rings. The van der Waals surface area contributed by atoms with Crippen LogP contribution in [0.4, 0.5) is 0 Å². The Labute approximate surface area is 103 Å². The fraction of sp³-hybridized carbons (Fsp3) is 0.538. The van der Waals surface area contributed by atoms with Gasteiger partial charge in [-0.2, -0.15) is 0 Å². The van der Waals surface area contributed by atoms with Crippen molar-refractivity contribution in [1.82, 2.24) is 5.32 Å². The minimum Gasteiger partial charge on any atom is -0.490 e. The standard InChI is InChI=1S/C13H21NO3/c1-3-14-11(9-15)10-17-13-8-6-5-7-12(13)16-4-2/h5-8,11,14-15H,3-4,9-10H2,1-2H3. The summed E-state index contributed by atoms with van der Waals surface area (Å²) < 4.78 is 11.1. The van der Waals surface area contributed by atoms with Gasteiger partial charge in [-0.15, -0.1) is 0 Å². The van der Waals surface area contributed by atoms with Crippen LogP contribution in [0, 0.1) is 0 Å². The van der Waals surface area contributed by atoms with Gasteiger partial charge >= 0.3 is 0 Å². The second-order valence-corrected chi connectivity index (χ2v) is 3.63. The Morgan fingerprint density at radius 2 is 1.82 bits per heavy atom. The molecule has 0 aliphatic heterocycles. The predicted molar refractivity (Wildman–Crippen MR) is 67.7 cm³/mol. The van der Waals surface area contributed by atoms with Crippen LogP contribution in [0.1, 0.15) is 13.8 Å². The number of para-hydroxylation sites is 2. The first-order valence-corrected chi connectivity index (χ1v) is 6.00. The van der Waals surface area contributed by atoms with Gasteiger partial charge in [0.25, 0.3) is 0 Å². The number of aliphatic hydroxyl groups is 1. The van der Waals surface area contributed by atoms with E-state index in [2.05, 4.69) is 5.32 Å². The molecule has 96 valence electrons. The van der Waals surface area contributed by atoms with Gasteiger partial charge in [-0.05, 0) is 25.6 Å². The molecule has 0 fully saturated rings. The van der Waals surface area contributed by atoms with E-state index in [0.717, 1.165) is 12.3 Å². The summed E-state index contributed by atoms with van der Waals surface area (Å²) in [5.41, 5.74) is 0. The third kappa shape index (κ3) is 4.63. The maximum atomic E-state index is 9.13. The van der Waals surface area contributed by atoms with Crippen LogP contribution in [-0.2, 0) is 0 Å². The van der Waals surface area contributed by atoms with Crippen molar-refractivity contribution in [3.8, 4) is 11.5 Å². The summed E-state index contributed by atoms with van der Waals surface area (Å²) >= 11 is 0. The highest BCUT2D eigenvalue weighted by atomic mass is 16.5. The van der Waals surface area contributed by atoms with Crippen molar-refractivity contribution in [2.45, 2.75) is 19.9 Å². The maximum Gasteiger partial charge on any atom is 0.161 e. The molecule has 0 saturated carbocycles. The maximum absolute atomic E-state index is 9.13. The lowest BCUT2D eigenvalue weighted by Gasteiger charge is -2.17. The highest BCUT2D eigenvalue weighted by Crippen LogP contribution is 2.26. The van der Waals surface area contributed by atoms with Crippen molar-refractivity contribution in [3.63, 3.8) is 0 Å². The van der Waals surface area contributed by atoms with Gasteiger partial charge in [-0.3, -0.25) is 0 Å². The lowest BCUT2D eigenvalue weighted by molar-refractivity contribution is 0.180. The first kappa shape index (κ1) is 13.8. The molecule has 1 unspecified atom stereocenters. The smallest absolute Gasteiger partial charge is 0.161 e. The fourth-order valence-corrected chi connectivity index (χ4v) is 1.50. The largest absolute Gasteiger partial charge is 0.490 e. The van der Waals surface area contributed by atoms with Crippen molar-refractivity contribution in [1.29, 1.82) is 0 Å². The molecule has 0 saturated heterocycles. The van der Waals surface area contributed by atoms with Crippen LogP contribution in [0.2, 0.25) is 0 Å². The summed E-state index contributed by atoms with van der Waals surface area (Å²) in [6.07, 6.45) is 0. The number of rotatable bonds is 8. The second-order valence-electron chi connectivity index (χ2n) is 3.63. The third-order valence-electron chi connectivity index (χ3n) is 2.30. The molecule has 1 rings (SSSR count). The van der Waals surface area contributed by atoms with E-state index in [1.54, 1.807) is 0 Å². The van der Waals surface area contributed by atoms with Crippen LogP contribution in [0.3, 0.4) is 0 Å². The Morgan fingerprint density at radius 3 is 2.35 bits per heavy atom. The Hall–Kier alpha value is -1.26. The molecule has 4 heteroatoms. The van der Waals surface area contributed by atoms with E-state index in [1.165, 1.54) is 0 Å². The molecule has 1 aromatic carbocycles. The Bertz CT molecular complexity index is 317. The number of likely N-dealkylation sites (N-methyl/N-ethyl adjacent to an activating group) is 1. The molecule has 0 bridgehead atoms. The first-order valence-electron chi connectivity index (χ1n) is 6.00. The summed E-state index contributed by atoms with van der Waals surface area (Å²) in [5.74, 6) is 1.45. The average Bonchev–Trinajstić information content (AvgIpc) is 2.36. The zero-order valence-corrected chi connectivity index (χ0v) is 10.5. The summed E-state index contributed by atoms with van der Waals surface area (Å²) in [4.78, 5) is 0. The zero-order chi connectivity index (χ0) is 12.5. The fourth-order valence-electron chi connectivity index (χ4n) is 1.50. The number of hydrogen-bond acceptors (Lipinski definition) is 4. The van der Waals surface area contributed by atoms with E-state index >= 15 is 0 Å². The molecular formula is C13H21NO3. The first-order chi connectivity index (χ1) is 8.31. The molecule has 17 heavy (non-hydrogen) atoms. The predicted octanol–water partition coefficient (Wildman–Crippen LogP) is 1.43. The van der Waals surface area contributed by atoms with Gasteiger partial charge in [-0.25, -0.2) is 0 Å². The summed E-state index contributed by atoms with van der Waals surface area (Å²) in [6.45, 7) is 5.83. The zero-order valence-electron chi connectivity index (χ0n) is 10.5. The van der Waals surface area contributed by atoms with Crippen molar-refractivity contribution in [2.24, 2.45) is 0 Å². The van der Waals surface area contributed by atoms with Crippen molar-refractivity contribution in [3.05, 3.63) is 24.3 Å². The van der Waals surface area contributed by atoms with Gasteiger partial charge in [0.05, 0.1) is 19.3 Å². The average molecular weight is 239 g/mol. The van der Waals surface area contributed by atoms with E-state index in [9.17, 15) is 0 Å². The molecule has 0 spiro atoms. The van der Waals surface area contributed by atoms with Crippen LogP contribution in [0.25, 0.3) is 0 Å². The Morgan fingerprint density at radius 1 is 1.18 bits per heavy atom. The lowest BCUT2D eigenvalue weighted by Crippen LogP contribution is -2.37. The van der Waals surface area contributed by atoms with Gasteiger partial charge in [0.1, 0.15) is 6.61 Å². The van der Waals surface area contributed by atoms with Crippen LogP contribution < -0.4 is 14.8 Å². The molecule has 0 amide bonds. The van der Waals surface area contributed by atoms with Crippen LogP contribution in [0.15, 0.2) is 24.3 Å². The summed E-state index contributed by atoms with van der Waals surface area (Å²) in [7, 11) is 0. The van der Waals surface area contributed by atoms with E-state index < -0.39 is 0 Å². The van der Waals surface area contributed by atoms with Gasteiger partial charge < -0.3 is 19.9 Å². The van der Waals surface area contributed by atoms with Crippen LogP contribution >= 0.6 is 0 Å². The normalized spacial score (nSPS) is 12.2. The molecule has 0 aliphatic carbocycles. The van der Waals surface area contributed by atoms with E-state index in [1.807, 2.05) is 38.1 Å². The van der Waals surface area contributed by atoms with E-state index in [4.69, 9.17) is 14.6 Å². The van der Waals surface area contributed by atoms with Gasteiger partial charge in [0.15, 0.2) is 11.5 Å². The Balaban J connectivity index is 2.55. The third-order valence-corrected chi connectivity index (χ3v) is 2.30. The SMILES string of the molecule is CCNC(CO)COc1ccccc1OCC. The van der Waals surface area contributed by atoms with E-state index in [-0.39, 0.29) is 12.6 Å². The topological polar surface area (TPSA) is 50.7 Å². The molecule has 0 aliphatic rings. The molecular weight excluding hydrogens is 218 g/mol. The highest BCUT2D eigenvalue weighted by molar-refractivity contribution is 5.39. The van der Waals surface area contributed by atoms with Crippen LogP contribution in [0.5, 0.6) is 11.5 Å². The summed E-state index contributed by atoms with van der Waals surface area (Å²) in [5, 5.41) is 12.3. The molecule has 1 atom stereocenters. The van der Waals surface area contributed by atoms with E-state index in [0.29, 0.717) is 19.0 Å². The monoisotopic (exact) mass is 239 g/mol. The summed E-state index contributed by atoms with van der Waals surface area (Å²) in [6, 6.07) is 7.51. The lowest BCUT2D eigenvalue weighted by atomic mass is 10.3. The molecule has 0 radical (unpaired) electrons. The van der Waals surface area contributed by atoms with Gasteiger partial charge in [0, 0.05) is 0 Å². The van der Waals surface area contributed by atoms with Gasteiger partial charge in [0.2, 0.25) is 0 Å². The van der Waals surface area contributed by atoms with Crippen molar-refractivity contribution in [2.75, 3.05) is 26.4 Å². The molecule has 0 aromatic heterocycles. The van der Waals surface area contributed by atoms with Gasteiger partial charge in [-0.1, -0.05) is 19.1 Å². The van der Waals surface area contributed by atoms with Crippen LogP contribution in [-0.4, -0.2) is 37.5 Å².